The average molecular weight is 433 g/mol. The van der Waals surface area contributed by atoms with Gasteiger partial charge in [-0.25, -0.2) is 9.97 Å². The Hall–Kier alpha value is -2.47. The van der Waals surface area contributed by atoms with Gasteiger partial charge in [-0.3, -0.25) is 0 Å². The molecule has 0 amide bonds. The fourth-order valence-corrected chi connectivity index (χ4v) is 4.82. The lowest BCUT2D eigenvalue weighted by Gasteiger charge is -2.32. The van der Waals surface area contributed by atoms with Crippen LogP contribution in [0.4, 0.5) is 5.95 Å². The van der Waals surface area contributed by atoms with Gasteiger partial charge >= 0.3 is 0 Å². The van der Waals surface area contributed by atoms with Gasteiger partial charge in [0.1, 0.15) is 11.3 Å². The third kappa shape index (κ3) is 4.80. The molecule has 1 aliphatic carbocycles. The predicted octanol–water partition coefficient (Wildman–Crippen LogP) is 5.28. The SMILES string of the molecule is CCCCN1CCC(CCn2c(-c3ccccc3)nc3c(C)nc(NC4CC4)nc32)CC1. The van der Waals surface area contributed by atoms with E-state index in [4.69, 9.17) is 15.0 Å². The number of hydrogen-bond donors (Lipinski definition) is 1. The molecule has 3 heterocycles. The molecule has 5 rings (SSSR count). The molecule has 1 saturated carbocycles. The van der Waals surface area contributed by atoms with Crippen molar-refractivity contribution in [1.29, 1.82) is 0 Å². The summed E-state index contributed by atoms with van der Waals surface area (Å²) in [5.41, 5.74) is 4.01. The highest BCUT2D eigenvalue weighted by Gasteiger charge is 2.24. The Balaban J connectivity index is 1.39. The van der Waals surface area contributed by atoms with Gasteiger partial charge in [0.25, 0.3) is 0 Å². The lowest BCUT2D eigenvalue weighted by atomic mass is 9.93. The van der Waals surface area contributed by atoms with Gasteiger partial charge in [-0.15, -0.1) is 0 Å². The first-order valence-corrected chi connectivity index (χ1v) is 12.5. The molecule has 2 fully saturated rings. The van der Waals surface area contributed by atoms with Crippen molar-refractivity contribution in [2.45, 2.75) is 71.4 Å². The van der Waals surface area contributed by atoms with Gasteiger partial charge in [-0.2, -0.15) is 4.98 Å². The number of unbranched alkanes of at least 4 members (excludes halogenated alkanes) is 1. The number of hydrogen-bond acceptors (Lipinski definition) is 5. The summed E-state index contributed by atoms with van der Waals surface area (Å²) in [4.78, 5) is 17.3. The van der Waals surface area contributed by atoms with Crippen molar-refractivity contribution < 1.29 is 0 Å². The summed E-state index contributed by atoms with van der Waals surface area (Å²) >= 11 is 0. The zero-order valence-electron chi connectivity index (χ0n) is 19.6. The van der Waals surface area contributed by atoms with E-state index in [0.717, 1.165) is 46.7 Å². The number of anilines is 1. The quantitative estimate of drug-likeness (QED) is 0.499. The number of nitrogens with zero attached hydrogens (tertiary/aromatic N) is 5. The van der Waals surface area contributed by atoms with E-state index < -0.39 is 0 Å². The van der Waals surface area contributed by atoms with Crippen LogP contribution in [0.25, 0.3) is 22.6 Å². The highest BCUT2D eigenvalue weighted by molar-refractivity contribution is 5.80. The molecular formula is C26H36N6. The van der Waals surface area contributed by atoms with E-state index in [2.05, 4.69) is 59.0 Å². The normalized spacial score (nSPS) is 17.8. The Bertz CT molecular complexity index is 1030. The minimum absolute atomic E-state index is 0.537. The Morgan fingerprint density at radius 2 is 1.75 bits per heavy atom. The van der Waals surface area contributed by atoms with Crippen molar-refractivity contribution >= 4 is 17.1 Å². The third-order valence-corrected chi connectivity index (χ3v) is 7.01. The fraction of sp³-hybridized carbons (Fsp3) is 0.577. The first kappa shape index (κ1) is 21.4. The fourth-order valence-electron chi connectivity index (χ4n) is 4.82. The van der Waals surface area contributed by atoms with E-state index in [1.807, 2.05) is 0 Å². The number of piperidine rings is 1. The van der Waals surface area contributed by atoms with E-state index in [-0.39, 0.29) is 0 Å². The van der Waals surface area contributed by atoms with Crippen LogP contribution in [0.3, 0.4) is 0 Å². The molecule has 3 aromatic rings. The predicted molar refractivity (Wildman–Crippen MR) is 131 cm³/mol. The summed E-state index contributed by atoms with van der Waals surface area (Å²) in [5, 5.41) is 3.48. The van der Waals surface area contributed by atoms with E-state index in [9.17, 15) is 0 Å². The highest BCUT2D eigenvalue weighted by Crippen LogP contribution is 2.30. The van der Waals surface area contributed by atoms with Crippen molar-refractivity contribution in [3.05, 3.63) is 36.0 Å². The molecule has 0 unspecified atom stereocenters. The summed E-state index contributed by atoms with van der Waals surface area (Å²) in [6, 6.07) is 11.1. The van der Waals surface area contributed by atoms with Gasteiger partial charge in [0.05, 0.1) is 5.69 Å². The smallest absolute Gasteiger partial charge is 0.225 e. The van der Waals surface area contributed by atoms with Gasteiger partial charge in [0.2, 0.25) is 5.95 Å². The summed E-state index contributed by atoms with van der Waals surface area (Å²) < 4.78 is 2.35. The number of imidazole rings is 1. The largest absolute Gasteiger partial charge is 0.351 e. The van der Waals surface area contributed by atoms with E-state index in [0.29, 0.717) is 6.04 Å². The molecule has 2 aromatic heterocycles. The zero-order chi connectivity index (χ0) is 21.9. The second-order valence-corrected chi connectivity index (χ2v) is 9.60. The number of aryl methyl sites for hydroxylation is 2. The maximum absolute atomic E-state index is 5.03. The number of nitrogens with one attached hydrogen (secondary N) is 1. The molecule has 0 spiro atoms. The summed E-state index contributed by atoms with van der Waals surface area (Å²) in [6.45, 7) is 9.05. The number of fused-ring (bicyclic) bond motifs is 1. The summed E-state index contributed by atoms with van der Waals surface area (Å²) in [5.74, 6) is 2.55. The van der Waals surface area contributed by atoms with Gasteiger partial charge < -0.3 is 14.8 Å². The Morgan fingerprint density at radius 3 is 2.47 bits per heavy atom. The number of aromatic nitrogens is 4. The molecular weight excluding hydrogens is 396 g/mol. The molecule has 2 aliphatic rings. The van der Waals surface area contributed by atoms with Crippen molar-refractivity contribution in [3.63, 3.8) is 0 Å². The van der Waals surface area contributed by atoms with Crippen LogP contribution in [-0.2, 0) is 6.54 Å². The van der Waals surface area contributed by atoms with E-state index in [1.165, 1.54) is 64.6 Å². The highest BCUT2D eigenvalue weighted by atomic mass is 15.2. The third-order valence-electron chi connectivity index (χ3n) is 7.01. The van der Waals surface area contributed by atoms with Crippen LogP contribution in [0.5, 0.6) is 0 Å². The summed E-state index contributed by atoms with van der Waals surface area (Å²) in [6.07, 6.45) is 8.83. The molecule has 0 atom stereocenters. The monoisotopic (exact) mass is 432 g/mol. The maximum Gasteiger partial charge on any atom is 0.225 e. The van der Waals surface area contributed by atoms with Crippen LogP contribution in [0.2, 0.25) is 0 Å². The second-order valence-electron chi connectivity index (χ2n) is 9.60. The minimum Gasteiger partial charge on any atom is -0.351 e. The molecule has 6 nitrogen and oxygen atoms in total. The van der Waals surface area contributed by atoms with Gasteiger partial charge in [-0.05, 0) is 71.0 Å². The zero-order valence-corrected chi connectivity index (χ0v) is 19.6. The van der Waals surface area contributed by atoms with Crippen molar-refractivity contribution in [2.24, 2.45) is 5.92 Å². The molecule has 1 N–H and O–H groups in total. The first-order chi connectivity index (χ1) is 15.7. The second kappa shape index (κ2) is 9.57. The van der Waals surface area contributed by atoms with Crippen LogP contribution >= 0.6 is 0 Å². The number of rotatable bonds is 9. The Morgan fingerprint density at radius 1 is 0.969 bits per heavy atom. The first-order valence-electron chi connectivity index (χ1n) is 12.5. The Kier molecular flexibility index (Phi) is 6.39. The van der Waals surface area contributed by atoms with Crippen molar-refractivity contribution in [3.8, 4) is 11.4 Å². The molecule has 1 aliphatic heterocycles. The van der Waals surface area contributed by atoms with E-state index >= 15 is 0 Å². The standard InChI is InChI=1S/C26H36N6/c1-3-4-15-31-16-12-20(13-17-31)14-18-32-24(21-8-6-5-7-9-21)29-23-19(2)27-26(30-25(23)32)28-22-10-11-22/h5-9,20,22H,3-4,10-18H2,1-2H3,(H,27,28,30). The van der Waals surface area contributed by atoms with Gasteiger partial charge in [0, 0.05) is 18.2 Å². The van der Waals surface area contributed by atoms with Gasteiger partial charge in [0.15, 0.2) is 5.65 Å². The molecule has 1 saturated heterocycles. The van der Waals surface area contributed by atoms with Crippen LogP contribution in [0.1, 0.15) is 57.6 Å². The van der Waals surface area contributed by atoms with Crippen LogP contribution in [0.15, 0.2) is 30.3 Å². The molecule has 170 valence electrons. The lowest BCUT2D eigenvalue weighted by Crippen LogP contribution is -2.34. The Labute approximate surface area is 191 Å². The number of likely N-dealkylation sites (tertiary alicyclic amines) is 1. The van der Waals surface area contributed by atoms with Crippen LogP contribution in [0, 0.1) is 12.8 Å². The van der Waals surface area contributed by atoms with Crippen molar-refractivity contribution in [2.75, 3.05) is 25.0 Å². The summed E-state index contributed by atoms with van der Waals surface area (Å²) in [7, 11) is 0. The van der Waals surface area contributed by atoms with Crippen LogP contribution in [-0.4, -0.2) is 50.1 Å². The average Bonchev–Trinajstić information content (AvgIpc) is 3.56. The maximum atomic E-state index is 5.03. The number of benzene rings is 1. The van der Waals surface area contributed by atoms with Gasteiger partial charge in [-0.1, -0.05) is 43.7 Å². The van der Waals surface area contributed by atoms with Crippen LogP contribution < -0.4 is 5.32 Å². The molecule has 32 heavy (non-hydrogen) atoms. The molecule has 1 aromatic carbocycles. The lowest BCUT2D eigenvalue weighted by molar-refractivity contribution is 0.174. The molecule has 0 bridgehead atoms. The van der Waals surface area contributed by atoms with Crippen molar-refractivity contribution in [1.82, 2.24) is 24.4 Å². The topological polar surface area (TPSA) is 58.9 Å². The molecule has 6 heteroatoms. The molecule has 0 radical (unpaired) electrons. The van der Waals surface area contributed by atoms with E-state index in [1.54, 1.807) is 0 Å². The minimum atomic E-state index is 0.537.